The van der Waals surface area contributed by atoms with E-state index in [0.717, 1.165) is 27.7 Å². The van der Waals surface area contributed by atoms with Crippen molar-refractivity contribution in [2.24, 2.45) is 0 Å². The molecule has 0 aliphatic carbocycles. The number of fused-ring (bicyclic) bond motifs is 1. The summed E-state index contributed by atoms with van der Waals surface area (Å²) in [7, 11) is 0. The van der Waals surface area contributed by atoms with Gasteiger partial charge in [-0.15, -0.1) is 0 Å². The van der Waals surface area contributed by atoms with Gasteiger partial charge in [-0.3, -0.25) is 9.59 Å². The fourth-order valence-electron chi connectivity index (χ4n) is 3.50. The first-order chi connectivity index (χ1) is 13.4. The first kappa shape index (κ1) is 19.7. The third kappa shape index (κ3) is 3.52. The lowest BCUT2D eigenvalue weighted by Gasteiger charge is -2.18. The van der Waals surface area contributed by atoms with Crippen LogP contribution in [0.4, 0.5) is 5.69 Å². The second-order valence-corrected chi connectivity index (χ2v) is 6.97. The minimum Gasteiger partial charge on any atom is -0.450 e. The summed E-state index contributed by atoms with van der Waals surface area (Å²) in [6, 6.07) is 11.0. The highest BCUT2D eigenvalue weighted by molar-refractivity contribution is 6.07. The minimum atomic E-state index is -0.320. The maximum absolute atomic E-state index is 12.9. The van der Waals surface area contributed by atoms with Gasteiger partial charge >= 0.3 is 0 Å². The van der Waals surface area contributed by atoms with Gasteiger partial charge in [-0.2, -0.15) is 0 Å². The van der Waals surface area contributed by atoms with Crippen molar-refractivity contribution in [2.45, 2.75) is 34.6 Å². The van der Waals surface area contributed by atoms with Crippen LogP contribution in [0.3, 0.4) is 0 Å². The van der Waals surface area contributed by atoms with Gasteiger partial charge in [0.05, 0.1) is 0 Å². The van der Waals surface area contributed by atoms with E-state index in [1.807, 2.05) is 46.8 Å². The molecule has 0 saturated heterocycles. The van der Waals surface area contributed by atoms with Crippen LogP contribution in [0.2, 0.25) is 0 Å². The number of carbonyl (C=O) groups is 2. The monoisotopic (exact) mass is 378 g/mol. The van der Waals surface area contributed by atoms with Crippen LogP contribution in [0.15, 0.2) is 40.8 Å². The summed E-state index contributed by atoms with van der Waals surface area (Å²) in [5.74, 6) is -0.0694. The summed E-state index contributed by atoms with van der Waals surface area (Å²) in [5, 5.41) is 3.85. The number of anilines is 1. The maximum atomic E-state index is 12.9. The lowest BCUT2D eigenvalue weighted by molar-refractivity contribution is 0.0772. The van der Waals surface area contributed by atoms with Crippen LogP contribution in [-0.2, 0) is 0 Å². The SMILES string of the molecule is CCN(CC)C(=O)c1cccc(NC(=O)c2oc3c(C)ccc(C)c3c2C)c1. The molecule has 1 N–H and O–H groups in total. The van der Waals surface area contributed by atoms with Crippen LogP contribution in [0.25, 0.3) is 11.0 Å². The standard InChI is InChI=1S/C23H26N2O3/c1-6-25(7-2)23(27)17-9-8-10-18(13-17)24-22(26)21-16(5)19-14(3)11-12-15(4)20(19)28-21/h8-13H,6-7H2,1-5H3,(H,24,26). The molecule has 3 rings (SSSR count). The van der Waals surface area contributed by atoms with Crippen LogP contribution in [0.5, 0.6) is 0 Å². The van der Waals surface area contributed by atoms with Crippen LogP contribution >= 0.6 is 0 Å². The number of furan rings is 1. The Kier molecular flexibility index (Phi) is 5.54. The van der Waals surface area contributed by atoms with Gasteiger partial charge in [-0.1, -0.05) is 18.2 Å². The number of nitrogens with zero attached hydrogens (tertiary/aromatic N) is 1. The number of carbonyl (C=O) groups excluding carboxylic acids is 2. The number of amides is 2. The van der Waals surface area contributed by atoms with E-state index >= 15 is 0 Å². The molecule has 0 spiro atoms. The van der Waals surface area contributed by atoms with Crippen molar-refractivity contribution in [3.63, 3.8) is 0 Å². The average molecular weight is 378 g/mol. The molecular formula is C23H26N2O3. The van der Waals surface area contributed by atoms with Crippen molar-refractivity contribution in [2.75, 3.05) is 18.4 Å². The molecule has 0 fully saturated rings. The van der Waals surface area contributed by atoms with E-state index in [0.29, 0.717) is 30.1 Å². The quantitative estimate of drug-likeness (QED) is 0.672. The average Bonchev–Trinajstić information content (AvgIpc) is 3.04. The van der Waals surface area contributed by atoms with E-state index in [-0.39, 0.29) is 11.8 Å². The largest absolute Gasteiger partial charge is 0.450 e. The van der Waals surface area contributed by atoms with Crippen molar-refractivity contribution >= 4 is 28.5 Å². The smallest absolute Gasteiger partial charge is 0.291 e. The Morgan fingerprint density at radius 1 is 1.00 bits per heavy atom. The van der Waals surface area contributed by atoms with Gasteiger partial charge in [0, 0.05) is 35.3 Å². The highest BCUT2D eigenvalue weighted by Gasteiger charge is 2.20. The van der Waals surface area contributed by atoms with E-state index < -0.39 is 0 Å². The molecule has 5 nitrogen and oxygen atoms in total. The number of aryl methyl sites for hydroxylation is 3. The Labute approximate surface area is 165 Å². The first-order valence-corrected chi connectivity index (χ1v) is 9.57. The Balaban J connectivity index is 1.90. The molecule has 1 aromatic heterocycles. The second kappa shape index (κ2) is 7.89. The molecule has 2 amide bonds. The molecule has 0 atom stereocenters. The van der Waals surface area contributed by atoms with E-state index in [1.165, 1.54) is 0 Å². The number of hydrogen-bond acceptors (Lipinski definition) is 3. The van der Waals surface area contributed by atoms with E-state index in [2.05, 4.69) is 5.32 Å². The third-order valence-electron chi connectivity index (χ3n) is 5.11. The predicted octanol–water partition coefficient (Wildman–Crippen LogP) is 5.09. The number of rotatable bonds is 5. The van der Waals surface area contributed by atoms with Gasteiger partial charge in [0.15, 0.2) is 5.76 Å². The molecule has 146 valence electrons. The molecule has 0 aliphatic rings. The first-order valence-electron chi connectivity index (χ1n) is 9.57. The molecule has 1 heterocycles. The fraction of sp³-hybridized carbons (Fsp3) is 0.304. The molecular weight excluding hydrogens is 352 g/mol. The Bertz CT molecular complexity index is 1050. The topological polar surface area (TPSA) is 62.6 Å². The lowest BCUT2D eigenvalue weighted by atomic mass is 10.0. The van der Waals surface area contributed by atoms with Gasteiger partial charge in [0.1, 0.15) is 5.58 Å². The summed E-state index contributed by atoms with van der Waals surface area (Å²) >= 11 is 0. The van der Waals surface area contributed by atoms with Crippen molar-refractivity contribution in [1.29, 1.82) is 0 Å². The van der Waals surface area contributed by atoms with Gasteiger partial charge in [0.2, 0.25) is 0 Å². The van der Waals surface area contributed by atoms with E-state index in [1.54, 1.807) is 29.2 Å². The highest BCUT2D eigenvalue weighted by atomic mass is 16.3. The van der Waals surface area contributed by atoms with Crippen LogP contribution in [-0.4, -0.2) is 29.8 Å². The second-order valence-electron chi connectivity index (χ2n) is 6.97. The summed E-state index contributed by atoms with van der Waals surface area (Å²) in [4.78, 5) is 27.2. The zero-order chi connectivity index (χ0) is 20.4. The van der Waals surface area contributed by atoms with Gasteiger partial charge in [-0.05, 0) is 63.9 Å². The molecule has 28 heavy (non-hydrogen) atoms. The molecule has 5 heteroatoms. The number of hydrogen-bond donors (Lipinski definition) is 1. The van der Waals surface area contributed by atoms with E-state index in [9.17, 15) is 9.59 Å². The van der Waals surface area contributed by atoms with Crippen molar-refractivity contribution in [3.8, 4) is 0 Å². The molecule has 0 aliphatic heterocycles. The normalized spacial score (nSPS) is 10.9. The molecule has 0 radical (unpaired) electrons. The van der Waals surface area contributed by atoms with Crippen LogP contribution in [0.1, 0.15) is 51.5 Å². The zero-order valence-electron chi connectivity index (χ0n) is 17.1. The number of benzene rings is 2. The summed E-state index contributed by atoms with van der Waals surface area (Å²) in [5.41, 5.74) is 4.75. The predicted molar refractivity (Wildman–Crippen MR) is 112 cm³/mol. The Hall–Kier alpha value is -3.08. The third-order valence-corrected chi connectivity index (χ3v) is 5.11. The maximum Gasteiger partial charge on any atom is 0.291 e. The highest BCUT2D eigenvalue weighted by Crippen LogP contribution is 2.31. The van der Waals surface area contributed by atoms with Crippen molar-refractivity contribution in [1.82, 2.24) is 4.90 Å². The summed E-state index contributed by atoms with van der Waals surface area (Å²) in [6.45, 7) is 11.0. The Morgan fingerprint density at radius 3 is 2.32 bits per heavy atom. The van der Waals surface area contributed by atoms with Gasteiger partial charge in [-0.25, -0.2) is 0 Å². The fourth-order valence-corrected chi connectivity index (χ4v) is 3.50. The van der Waals surface area contributed by atoms with Crippen LogP contribution in [0, 0.1) is 20.8 Å². The van der Waals surface area contributed by atoms with Gasteiger partial charge in [0.25, 0.3) is 11.8 Å². The zero-order valence-corrected chi connectivity index (χ0v) is 17.1. The molecule has 3 aromatic rings. The van der Waals surface area contributed by atoms with Gasteiger partial charge < -0.3 is 14.6 Å². The molecule has 0 unspecified atom stereocenters. The van der Waals surface area contributed by atoms with Crippen molar-refractivity contribution in [3.05, 3.63) is 64.4 Å². The Morgan fingerprint density at radius 2 is 1.68 bits per heavy atom. The van der Waals surface area contributed by atoms with Crippen molar-refractivity contribution < 1.29 is 14.0 Å². The molecule has 0 saturated carbocycles. The van der Waals surface area contributed by atoms with E-state index in [4.69, 9.17) is 4.42 Å². The minimum absolute atomic E-state index is 0.0488. The van der Waals surface area contributed by atoms with Crippen LogP contribution < -0.4 is 5.32 Å². The molecule has 0 bridgehead atoms. The lowest BCUT2D eigenvalue weighted by Crippen LogP contribution is -2.30. The summed E-state index contributed by atoms with van der Waals surface area (Å²) < 4.78 is 5.91. The summed E-state index contributed by atoms with van der Waals surface area (Å²) in [6.07, 6.45) is 0. The molecule has 2 aromatic carbocycles. The number of nitrogens with one attached hydrogen (secondary N) is 1.